The zero-order chi connectivity index (χ0) is 11.2. The van der Waals surface area contributed by atoms with Gasteiger partial charge >= 0.3 is 0 Å². The Morgan fingerprint density at radius 1 is 1.19 bits per heavy atom. The Kier molecular flexibility index (Phi) is 3.57. The summed E-state index contributed by atoms with van der Waals surface area (Å²) in [5.74, 6) is 0.933. The maximum absolute atomic E-state index is 5.27. The monoisotopic (exact) mass is 213 g/mol. The van der Waals surface area contributed by atoms with Crippen LogP contribution in [0.2, 0.25) is 0 Å². The number of hydrogen-bond acceptors (Lipinski definition) is 2. The molecule has 0 aliphatic heterocycles. The molecular weight excluding hydrogens is 198 g/mol. The minimum atomic E-state index is 0.159. The van der Waals surface area contributed by atoms with Crippen molar-refractivity contribution in [1.29, 1.82) is 0 Å². The quantitative estimate of drug-likeness (QED) is 0.771. The Morgan fingerprint density at radius 2 is 2.00 bits per heavy atom. The van der Waals surface area contributed by atoms with Gasteiger partial charge in [0.1, 0.15) is 5.76 Å². The summed E-state index contributed by atoms with van der Waals surface area (Å²) < 4.78 is 5.27. The average Bonchev–Trinajstić information content (AvgIpc) is 2.84. The highest BCUT2D eigenvalue weighted by molar-refractivity contribution is 5.22. The van der Waals surface area contributed by atoms with Crippen molar-refractivity contribution >= 4 is 0 Å². The second kappa shape index (κ2) is 5.33. The van der Waals surface area contributed by atoms with Gasteiger partial charge in [0.25, 0.3) is 0 Å². The van der Waals surface area contributed by atoms with Crippen molar-refractivity contribution in [3.63, 3.8) is 0 Å². The molecule has 0 saturated carbocycles. The molecule has 0 spiro atoms. The van der Waals surface area contributed by atoms with Crippen LogP contribution in [0.15, 0.2) is 65.8 Å². The molecule has 82 valence electrons. The van der Waals surface area contributed by atoms with Crippen molar-refractivity contribution in [2.75, 3.05) is 0 Å². The average molecular weight is 213 g/mol. The molecule has 0 aliphatic rings. The molecule has 2 heteroatoms. The van der Waals surface area contributed by atoms with Crippen LogP contribution in [0.25, 0.3) is 0 Å². The topological polar surface area (TPSA) is 25.2 Å². The Bertz CT molecular complexity index is 419. The first-order valence-electron chi connectivity index (χ1n) is 5.33. The number of hydrogen-bond donors (Lipinski definition) is 1. The van der Waals surface area contributed by atoms with E-state index in [0.717, 1.165) is 5.76 Å². The second-order valence-corrected chi connectivity index (χ2v) is 3.58. The molecule has 1 atom stereocenters. The minimum absolute atomic E-state index is 0.159. The van der Waals surface area contributed by atoms with E-state index in [-0.39, 0.29) is 6.04 Å². The molecule has 0 bridgehead atoms. The molecule has 2 aromatic rings. The smallest absolute Gasteiger partial charge is 0.117 e. The summed E-state index contributed by atoms with van der Waals surface area (Å²) in [6.45, 7) is 4.55. The molecule has 1 aromatic heterocycles. The molecule has 2 rings (SSSR count). The van der Waals surface area contributed by atoms with E-state index in [1.165, 1.54) is 5.56 Å². The third kappa shape index (κ3) is 2.61. The van der Waals surface area contributed by atoms with Crippen molar-refractivity contribution in [2.24, 2.45) is 0 Å². The summed E-state index contributed by atoms with van der Waals surface area (Å²) in [4.78, 5) is 0. The summed E-state index contributed by atoms with van der Waals surface area (Å²) in [6.07, 6.45) is 3.58. The normalized spacial score (nSPS) is 12.2. The third-order valence-electron chi connectivity index (χ3n) is 2.47. The van der Waals surface area contributed by atoms with E-state index in [1.807, 2.05) is 36.4 Å². The molecule has 1 aromatic carbocycles. The zero-order valence-corrected chi connectivity index (χ0v) is 9.10. The first kappa shape index (κ1) is 10.7. The largest absolute Gasteiger partial charge is 0.468 e. The van der Waals surface area contributed by atoms with Crippen molar-refractivity contribution in [2.45, 2.75) is 12.6 Å². The number of nitrogens with one attached hydrogen (secondary N) is 1. The van der Waals surface area contributed by atoms with Crippen LogP contribution >= 0.6 is 0 Å². The van der Waals surface area contributed by atoms with E-state index in [0.29, 0.717) is 6.54 Å². The molecule has 16 heavy (non-hydrogen) atoms. The van der Waals surface area contributed by atoms with Crippen molar-refractivity contribution < 1.29 is 4.42 Å². The predicted octanol–water partition coefficient (Wildman–Crippen LogP) is 3.30. The molecule has 1 N–H and O–H groups in total. The molecule has 0 saturated heterocycles. The summed E-state index contributed by atoms with van der Waals surface area (Å²) in [7, 11) is 0. The van der Waals surface area contributed by atoms with Crippen LogP contribution < -0.4 is 5.32 Å². The zero-order valence-electron chi connectivity index (χ0n) is 9.10. The minimum Gasteiger partial charge on any atom is -0.468 e. The van der Waals surface area contributed by atoms with Gasteiger partial charge in [-0.3, -0.25) is 5.32 Å². The highest BCUT2D eigenvalue weighted by Gasteiger charge is 2.06. The van der Waals surface area contributed by atoms with Crippen LogP contribution in [-0.4, -0.2) is 0 Å². The van der Waals surface area contributed by atoms with Gasteiger partial charge in [0.05, 0.1) is 18.8 Å². The molecule has 0 fully saturated rings. The fourth-order valence-electron chi connectivity index (χ4n) is 1.62. The summed E-state index contributed by atoms with van der Waals surface area (Å²) in [5, 5.41) is 3.38. The van der Waals surface area contributed by atoms with E-state index >= 15 is 0 Å². The fraction of sp³-hybridized carbons (Fsp3) is 0.143. The highest BCUT2D eigenvalue weighted by Crippen LogP contribution is 2.14. The van der Waals surface area contributed by atoms with E-state index in [4.69, 9.17) is 4.42 Å². The highest BCUT2D eigenvalue weighted by atomic mass is 16.3. The van der Waals surface area contributed by atoms with Gasteiger partial charge in [0.15, 0.2) is 0 Å². The lowest BCUT2D eigenvalue weighted by Gasteiger charge is -2.13. The van der Waals surface area contributed by atoms with Crippen LogP contribution in [0.5, 0.6) is 0 Å². The van der Waals surface area contributed by atoms with E-state index in [9.17, 15) is 0 Å². The Labute approximate surface area is 95.6 Å². The van der Waals surface area contributed by atoms with E-state index in [1.54, 1.807) is 6.26 Å². The van der Waals surface area contributed by atoms with Crippen molar-refractivity contribution in [3.05, 3.63) is 72.7 Å². The van der Waals surface area contributed by atoms with Crippen LogP contribution in [-0.2, 0) is 6.54 Å². The van der Waals surface area contributed by atoms with Crippen LogP contribution in [0.1, 0.15) is 17.4 Å². The predicted molar refractivity (Wildman–Crippen MR) is 64.9 cm³/mol. The van der Waals surface area contributed by atoms with E-state index < -0.39 is 0 Å². The second-order valence-electron chi connectivity index (χ2n) is 3.58. The maximum atomic E-state index is 5.27. The molecule has 0 radical (unpaired) electrons. The standard InChI is InChI=1S/C14H15NO/c1-2-14(12-7-4-3-5-8-12)15-11-13-9-6-10-16-13/h2-10,14-15H,1,11H2. The Balaban J connectivity index is 1.99. The number of benzene rings is 1. The van der Waals surface area contributed by atoms with Gasteiger partial charge in [-0.15, -0.1) is 6.58 Å². The first-order chi connectivity index (χ1) is 7.90. The molecule has 1 unspecified atom stereocenters. The Morgan fingerprint density at radius 3 is 2.62 bits per heavy atom. The van der Waals surface area contributed by atoms with Crippen LogP contribution in [0.4, 0.5) is 0 Å². The van der Waals surface area contributed by atoms with Crippen molar-refractivity contribution in [3.8, 4) is 0 Å². The van der Waals surface area contributed by atoms with Gasteiger partial charge in [0.2, 0.25) is 0 Å². The summed E-state index contributed by atoms with van der Waals surface area (Å²) >= 11 is 0. The van der Waals surface area contributed by atoms with Crippen LogP contribution in [0, 0.1) is 0 Å². The van der Waals surface area contributed by atoms with Gasteiger partial charge in [-0.2, -0.15) is 0 Å². The lowest BCUT2D eigenvalue weighted by molar-refractivity contribution is 0.471. The maximum Gasteiger partial charge on any atom is 0.117 e. The van der Waals surface area contributed by atoms with Crippen molar-refractivity contribution in [1.82, 2.24) is 5.32 Å². The summed E-state index contributed by atoms with van der Waals surface area (Å²) in [5.41, 5.74) is 1.21. The SMILES string of the molecule is C=CC(NCc1ccco1)c1ccccc1. The molecular formula is C14H15NO. The first-order valence-corrected chi connectivity index (χ1v) is 5.33. The van der Waals surface area contributed by atoms with Gasteiger partial charge < -0.3 is 4.42 Å². The fourth-order valence-corrected chi connectivity index (χ4v) is 1.62. The van der Waals surface area contributed by atoms with Gasteiger partial charge in [-0.25, -0.2) is 0 Å². The molecule has 1 heterocycles. The van der Waals surface area contributed by atoms with Crippen LogP contribution in [0.3, 0.4) is 0 Å². The molecule has 2 nitrogen and oxygen atoms in total. The Hall–Kier alpha value is -1.80. The third-order valence-corrected chi connectivity index (χ3v) is 2.47. The van der Waals surface area contributed by atoms with Gasteiger partial charge in [-0.05, 0) is 17.7 Å². The number of furan rings is 1. The molecule has 0 aliphatic carbocycles. The summed E-state index contributed by atoms with van der Waals surface area (Å²) in [6, 6.07) is 14.2. The van der Waals surface area contributed by atoms with Gasteiger partial charge in [-0.1, -0.05) is 36.4 Å². The molecule has 0 amide bonds. The van der Waals surface area contributed by atoms with Gasteiger partial charge in [0, 0.05) is 0 Å². The van der Waals surface area contributed by atoms with E-state index in [2.05, 4.69) is 24.0 Å². The number of rotatable bonds is 5. The lowest BCUT2D eigenvalue weighted by Crippen LogP contribution is -2.18. The lowest BCUT2D eigenvalue weighted by atomic mass is 10.1.